The van der Waals surface area contributed by atoms with Gasteiger partial charge in [0, 0.05) is 31.9 Å². The lowest BCUT2D eigenvalue weighted by Gasteiger charge is -2.20. The van der Waals surface area contributed by atoms with Crippen LogP contribution in [-0.2, 0) is 6.42 Å². The summed E-state index contributed by atoms with van der Waals surface area (Å²) < 4.78 is 7.02. The van der Waals surface area contributed by atoms with Gasteiger partial charge in [0.25, 0.3) is 0 Å². The number of hydrogen-bond acceptors (Lipinski definition) is 6. The molecule has 2 aromatic rings. The summed E-state index contributed by atoms with van der Waals surface area (Å²) in [6.07, 6.45) is 2.55. The van der Waals surface area contributed by atoms with Crippen molar-refractivity contribution in [3.63, 3.8) is 0 Å². The van der Waals surface area contributed by atoms with Crippen molar-refractivity contribution in [2.45, 2.75) is 6.42 Å². The number of likely N-dealkylation sites (tertiary alicyclic amines) is 1. The molecule has 2 heterocycles. The van der Waals surface area contributed by atoms with E-state index >= 15 is 0 Å². The Labute approximate surface area is 152 Å². The fourth-order valence-electron chi connectivity index (χ4n) is 4.25. The van der Waals surface area contributed by atoms with Gasteiger partial charge in [0.15, 0.2) is 0 Å². The predicted molar refractivity (Wildman–Crippen MR) is 100 cm³/mol. The van der Waals surface area contributed by atoms with Crippen LogP contribution in [0.4, 0.5) is 5.82 Å². The number of rotatable bonds is 6. The molecule has 2 aliphatic rings. The van der Waals surface area contributed by atoms with Crippen molar-refractivity contribution >= 4 is 5.82 Å². The second-order valence-corrected chi connectivity index (χ2v) is 7.24. The quantitative estimate of drug-likeness (QED) is 0.783. The lowest BCUT2D eigenvalue weighted by molar-refractivity contribution is 0.288. The number of nitrogens with zero attached hydrogens (tertiary/aromatic N) is 3. The summed E-state index contributed by atoms with van der Waals surface area (Å²) in [6, 6.07) is 7.43. The van der Waals surface area contributed by atoms with Crippen molar-refractivity contribution in [1.82, 2.24) is 14.5 Å². The number of nitrogens with two attached hydrogens (primary N) is 2. The van der Waals surface area contributed by atoms with Gasteiger partial charge in [-0.25, -0.2) is 4.79 Å². The van der Waals surface area contributed by atoms with Crippen molar-refractivity contribution in [2.75, 3.05) is 39.0 Å². The van der Waals surface area contributed by atoms with Gasteiger partial charge < -0.3 is 21.1 Å². The van der Waals surface area contributed by atoms with Crippen LogP contribution in [0.3, 0.4) is 0 Å². The van der Waals surface area contributed by atoms with Crippen LogP contribution in [0.5, 0.6) is 5.75 Å². The number of anilines is 1. The van der Waals surface area contributed by atoms with Gasteiger partial charge >= 0.3 is 5.69 Å². The van der Waals surface area contributed by atoms with Gasteiger partial charge in [-0.05, 0) is 48.4 Å². The van der Waals surface area contributed by atoms with Crippen LogP contribution in [-0.4, -0.2) is 47.7 Å². The normalized spacial score (nSPS) is 24.5. The standard InChI is InChI=1S/C19H25N5O2/c1-26-17-8-13(24-7-5-18(21)22-19(24)25)3-2-12(17)4-6-23-10-15-14(9-20)16(15)11-23/h2-3,5,7-8,14-16H,4,6,9-11,20H2,1H3,(H2,21,22,25)/t14-,15-,16+. The van der Waals surface area contributed by atoms with Crippen LogP contribution in [0, 0.1) is 17.8 Å². The first-order valence-electron chi connectivity index (χ1n) is 9.05. The number of hydrogen-bond donors (Lipinski definition) is 2. The Hall–Kier alpha value is -2.38. The average molecular weight is 355 g/mol. The lowest BCUT2D eigenvalue weighted by Crippen LogP contribution is -2.28. The zero-order valence-corrected chi connectivity index (χ0v) is 15.0. The van der Waals surface area contributed by atoms with Gasteiger partial charge in [0.2, 0.25) is 0 Å². The zero-order chi connectivity index (χ0) is 18.3. The van der Waals surface area contributed by atoms with E-state index in [1.807, 2.05) is 18.2 Å². The minimum Gasteiger partial charge on any atom is -0.496 e. The van der Waals surface area contributed by atoms with Crippen LogP contribution in [0.1, 0.15) is 5.56 Å². The topological polar surface area (TPSA) is 99.4 Å². The van der Waals surface area contributed by atoms with Crippen molar-refractivity contribution in [3.8, 4) is 11.4 Å². The first-order chi connectivity index (χ1) is 12.6. The number of aromatic nitrogens is 2. The van der Waals surface area contributed by atoms with Crippen LogP contribution < -0.4 is 21.9 Å². The molecule has 7 heteroatoms. The van der Waals surface area contributed by atoms with Gasteiger partial charge in [0.1, 0.15) is 11.6 Å². The fraction of sp³-hybridized carbons (Fsp3) is 0.474. The number of benzene rings is 1. The monoisotopic (exact) mass is 355 g/mol. The third-order valence-corrected chi connectivity index (χ3v) is 5.79. The maximum absolute atomic E-state index is 12.0. The Morgan fingerprint density at radius 3 is 2.69 bits per heavy atom. The second kappa shape index (κ2) is 6.74. The molecule has 1 saturated carbocycles. The van der Waals surface area contributed by atoms with E-state index in [1.54, 1.807) is 19.4 Å². The SMILES string of the molecule is COc1cc(-n2ccc(N)nc2=O)ccc1CCN1C[C@@H]2[C@@H](CN)[C@@H]2C1. The van der Waals surface area contributed by atoms with Gasteiger partial charge in [-0.15, -0.1) is 0 Å². The number of piperidine rings is 1. The zero-order valence-electron chi connectivity index (χ0n) is 15.0. The molecular formula is C19H25N5O2. The van der Waals surface area contributed by atoms with Crippen LogP contribution >= 0.6 is 0 Å². The number of fused-ring (bicyclic) bond motifs is 1. The fourth-order valence-corrected chi connectivity index (χ4v) is 4.25. The maximum Gasteiger partial charge on any atom is 0.354 e. The highest BCUT2D eigenvalue weighted by molar-refractivity contribution is 5.45. The predicted octanol–water partition coefficient (Wildman–Crippen LogP) is 0.502. The van der Waals surface area contributed by atoms with Crippen molar-refractivity contribution in [1.29, 1.82) is 0 Å². The Kier molecular flexibility index (Phi) is 4.42. The Morgan fingerprint density at radius 1 is 1.27 bits per heavy atom. The molecule has 3 atom stereocenters. The molecule has 1 aliphatic carbocycles. The Bertz CT molecular complexity index is 853. The van der Waals surface area contributed by atoms with Crippen LogP contribution in [0.25, 0.3) is 5.69 Å². The average Bonchev–Trinajstić information content (AvgIpc) is 3.12. The summed E-state index contributed by atoms with van der Waals surface area (Å²) >= 11 is 0. The minimum absolute atomic E-state index is 0.218. The summed E-state index contributed by atoms with van der Waals surface area (Å²) in [4.78, 5) is 18.3. The van der Waals surface area contributed by atoms with Gasteiger partial charge in [-0.1, -0.05) is 6.07 Å². The van der Waals surface area contributed by atoms with E-state index in [4.69, 9.17) is 16.2 Å². The molecule has 0 bridgehead atoms. The molecule has 4 N–H and O–H groups in total. The summed E-state index contributed by atoms with van der Waals surface area (Å²) in [5, 5.41) is 0. The first-order valence-corrected chi connectivity index (χ1v) is 9.05. The number of nitrogen functional groups attached to an aromatic ring is 1. The van der Waals surface area contributed by atoms with E-state index in [2.05, 4.69) is 9.88 Å². The molecule has 2 fully saturated rings. The van der Waals surface area contributed by atoms with Crippen LogP contribution in [0.15, 0.2) is 35.3 Å². The number of methoxy groups -OCH3 is 1. The van der Waals surface area contributed by atoms with Crippen molar-refractivity contribution in [3.05, 3.63) is 46.5 Å². The third kappa shape index (κ3) is 3.08. The Morgan fingerprint density at radius 2 is 2.04 bits per heavy atom. The van der Waals surface area contributed by atoms with E-state index in [1.165, 1.54) is 17.7 Å². The second-order valence-electron chi connectivity index (χ2n) is 7.24. The van der Waals surface area contributed by atoms with Crippen LogP contribution in [0.2, 0.25) is 0 Å². The summed E-state index contributed by atoms with van der Waals surface area (Å²) in [5.41, 5.74) is 12.8. The maximum atomic E-state index is 12.0. The highest BCUT2D eigenvalue weighted by atomic mass is 16.5. The molecule has 0 amide bonds. The summed E-state index contributed by atoms with van der Waals surface area (Å²) in [7, 11) is 1.66. The van der Waals surface area contributed by atoms with Gasteiger partial charge in [0.05, 0.1) is 12.8 Å². The van der Waals surface area contributed by atoms with E-state index in [9.17, 15) is 4.79 Å². The molecule has 7 nitrogen and oxygen atoms in total. The molecule has 0 unspecified atom stereocenters. The lowest BCUT2D eigenvalue weighted by atomic mass is 10.1. The minimum atomic E-state index is -0.398. The molecule has 138 valence electrons. The highest BCUT2D eigenvalue weighted by Gasteiger charge is 2.54. The van der Waals surface area contributed by atoms with Crippen molar-refractivity contribution in [2.24, 2.45) is 23.5 Å². The van der Waals surface area contributed by atoms with E-state index in [0.717, 1.165) is 54.3 Å². The molecule has 26 heavy (non-hydrogen) atoms. The molecule has 0 spiro atoms. The molecule has 1 aromatic heterocycles. The third-order valence-electron chi connectivity index (χ3n) is 5.79. The Balaban J connectivity index is 1.45. The molecule has 1 aliphatic heterocycles. The first kappa shape index (κ1) is 17.1. The van der Waals surface area contributed by atoms with Gasteiger partial charge in [-0.3, -0.25) is 4.57 Å². The summed E-state index contributed by atoms with van der Waals surface area (Å²) in [5.74, 6) is 3.39. The molecule has 4 rings (SSSR count). The molecular weight excluding hydrogens is 330 g/mol. The smallest absolute Gasteiger partial charge is 0.354 e. The van der Waals surface area contributed by atoms with E-state index in [0.29, 0.717) is 0 Å². The highest BCUT2D eigenvalue weighted by Crippen LogP contribution is 2.50. The number of ether oxygens (including phenoxy) is 1. The van der Waals surface area contributed by atoms with E-state index in [-0.39, 0.29) is 5.82 Å². The molecule has 1 aromatic carbocycles. The van der Waals surface area contributed by atoms with E-state index < -0.39 is 5.69 Å². The summed E-state index contributed by atoms with van der Waals surface area (Å²) in [6.45, 7) is 4.18. The largest absolute Gasteiger partial charge is 0.496 e. The van der Waals surface area contributed by atoms with Crippen molar-refractivity contribution < 1.29 is 4.74 Å². The molecule has 0 radical (unpaired) electrons. The van der Waals surface area contributed by atoms with Gasteiger partial charge in [-0.2, -0.15) is 4.98 Å². The molecule has 1 saturated heterocycles.